The van der Waals surface area contributed by atoms with Crippen LogP contribution in [0.1, 0.15) is 16.1 Å². The largest absolute Gasteiger partial charge is 0.354 e. The van der Waals surface area contributed by atoms with Gasteiger partial charge < -0.3 is 10.2 Å². The first kappa shape index (κ1) is 18.2. The monoisotopic (exact) mass is 386 g/mol. The van der Waals surface area contributed by atoms with Gasteiger partial charge in [0.25, 0.3) is 5.91 Å². The summed E-state index contributed by atoms with van der Waals surface area (Å²) in [6, 6.07) is 14.9. The van der Waals surface area contributed by atoms with Gasteiger partial charge in [-0.05, 0) is 23.8 Å². The lowest BCUT2D eigenvalue weighted by molar-refractivity contribution is 0.102. The summed E-state index contributed by atoms with van der Waals surface area (Å²) in [5.41, 5.74) is 1.78. The van der Waals surface area contributed by atoms with E-state index in [1.807, 2.05) is 42.3 Å². The summed E-state index contributed by atoms with van der Waals surface area (Å²) in [6.07, 6.45) is 3.00. The molecule has 1 aromatic heterocycles. The number of aromatic nitrogens is 2. The molecular formula is C19H16Cl2N4O. The minimum absolute atomic E-state index is 0.193. The lowest BCUT2D eigenvalue weighted by Crippen LogP contribution is -2.19. The molecule has 0 saturated heterocycles. The van der Waals surface area contributed by atoms with Crippen LogP contribution in [0.4, 0.5) is 11.5 Å². The van der Waals surface area contributed by atoms with Crippen LogP contribution in [-0.4, -0.2) is 22.9 Å². The summed E-state index contributed by atoms with van der Waals surface area (Å²) in [5, 5.41) is 3.56. The number of amides is 1. The van der Waals surface area contributed by atoms with E-state index in [0.29, 0.717) is 28.1 Å². The molecule has 0 spiro atoms. The lowest BCUT2D eigenvalue weighted by atomic mass is 10.2. The van der Waals surface area contributed by atoms with Crippen LogP contribution in [0, 0.1) is 0 Å². The van der Waals surface area contributed by atoms with E-state index < -0.39 is 5.91 Å². The van der Waals surface area contributed by atoms with E-state index >= 15 is 0 Å². The van der Waals surface area contributed by atoms with E-state index in [2.05, 4.69) is 15.3 Å². The Morgan fingerprint density at radius 1 is 1.08 bits per heavy atom. The molecule has 0 saturated carbocycles. The van der Waals surface area contributed by atoms with Crippen molar-refractivity contribution >= 4 is 40.6 Å². The minimum Gasteiger partial charge on any atom is -0.354 e. The van der Waals surface area contributed by atoms with Crippen LogP contribution in [0.2, 0.25) is 10.0 Å². The van der Waals surface area contributed by atoms with Crippen LogP contribution < -0.4 is 10.2 Å². The fourth-order valence-corrected chi connectivity index (χ4v) is 2.69. The molecule has 0 atom stereocenters. The highest BCUT2D eigenvalue weighted by molar-refractivity contribution is 6.35. The van der Waals surface area contributed by atoms with Crippen LogP contribution in [0.3, 0.4) is 0 Å². The quantitative estimate of drug-likeness (QED) is 0.691. The van der Waals surface area contributed by atoms with Crippen molar-refractivity contribution in [2.24, 2.45) is 0 Å². The Morgan fingerprint density at radius 2 is 1.85 bits per heavy atom. The second kappa shape index (κ2) is 8.17. The van der Waals surface area contributed by atoms with Gasteiger partial charge >= 0.3 is 0 Å². The van der Waals surface area contributed by atoms with Gasteiger partial charge in [0.15, 0.2) is 0 Å². The standard InChI is InChI=1S/C19H16Cl2N4O/c1-25(12-13-5-3-2-4-6-13)18-11-22-17(10-23-18)19(26)24-16-9-14(20)7-8-15(16)21/h2-11H,12H2,1H3,(H,24,26). The minimum atomic E-state index is -0.404. The van der Waals surface area contributed by atoms with Crippen molar-refractivity contribution in [1.29, 1.82) is 0 Å². The van der Waals surface area contributed by atoms with Crippen molar-refractivity contribution in [2.45, 2.75) is 6.54 Å². The predicted octanol–water partition coefficient (Wildman–Crippen LogP) is 4.67. The molecule has 0 bridgehead atoms. The second-order valence-corrected chi connectivity index (χ2v) is 6.52. The average Bonchev–Trinajstić information content (AvgIpc) is 2.65. The molecule has 1 N–H and O–H groups in total. The molecule has 1 heterocycles. The number of carbonyl (C=O) groups excluding carboxylic acids is 1. The van der Waals surface area contributed by atoms with Gasteiger partial charge in [0, 0.05) is 18.6 Å². The zero-order chi connectivity index (χ0) is 18.5. The van der Waals surface area contributed by atoms with Crippen LogP contribution in [0.15, 0.2) is 60.9 Å². The smallest absolute Gasteiger partial charge is 0.275 e. The molecule has 26 heavy (non-hydrogen) atoms. The number of nitrogens with zero attached hydrogens (tertiary/aromatic N) is 3. The molecule has 3 aromatic rings. The lowest BCUT2D eigenvalue weighted by Gasteiger charge is -2.17. The maximum atomic E-state index is 12.3. The molecule has 7 heteroatoms. The van der Waals surface area contributed by atoms with Gasteiger partial charge in [-0.15, -0.1) is 0 Å². The summed E-state index contributed by atoms with van der Waals surface area (Å²) in [6.45, 7) is 0.694. The van der Waals surface area contributed by atoms with Crippen molar-refractivity contribution < 1.29 is 4.79 Å². The van der Waals surface area contributed by atoms with E-state index in [-0.39, 0.29) is 5.69 Å². The Morgan fingerprint density at radius 3 is 2.54 bits per heavy atom. The van der Waals surface area contributed by atoms with Crippen molar-refractivity contribution in [3.63, 3.8) is 0 Å². The van der Waals surface area contributed by atoms with Crippen LogP contribution in [0.25, 0.3) is 0 Å². The maximum Gasteiger partial charge on any atom is 0.275 e. The highest BCUT2D eigenvalue weighted by atomic mass is 35.5. The van der Waals surface area contributed by atoms with Crippen molar-refractivity contribution in [3.05, 3.63) is 82.2 Å². The number of anilines is 2. The first-order valence-electron chi connectivity index (χ1n) is 7.86. The van der Waals surface area contributed by atoms with Gasteiger partial charge in [-0.3, -0.25) is 4.79 Å². The maximum absolute atomic E-state index is 12.3. The normalized spacial score (nSPS) is 10.4. The summed E-state index contributed by atoms with van der Waals surface area (Å²) in [4.78, 5) is 22.8. The zero-order valence-corrected chi connectivity index (χ0v) is 15.5. The molecule has 0 aliphatic rings. The van der Waals surface area contributed by atoms with Gasteiger partial charge in [-0.2, -0.15) is 0 Å². The van der Waals surface area contributed by atoms with Crippen molar-refractivity contribution in [2.75, 3.05) is 17.3 Å². The predicted molar refractivity (Wildman–Crippen MR) is 105 cm³/mol. The highest BCUT2D eigenvalue weighted by Gasteiger charge is 2.12. The van der Waals surface area contributed by atoms with E-state index in [1.54, 1.807) is 24.4 Å². The molecule has 0 unspecified atom stereocenters. The number of benzene rings is 2. The van der Waals surface area contributed by atoms with Gasteiger partial charge in [0.2, 0.25) is 0 Å². The second-order valence-electron chi connectivity index (χ2n) is 5.68. The third-order valence-corrected chi connectivity index (χ3v) is 4.27. The molecule has 0 aliphatic carbocycles. The molecule has 0 radical (unpaired) electrons. The van der Waals surface area contributed by atoms with Gasteiger partial charge in [0.1, 0.15) is 11.5 Å². The number of hydrogen-bond donors (Lipinski definition) is 1. The molecular weight excluding hydrogens is 371 g/mol. The fraction of sp³-hybridized carbons (Fsp3) is 0.105. The zero-order valence-electron chi connectivity index (χ0n) is 14.0. The summed E-state index contributed by atoms with van der Waals surface area (Å²) in [7, 11) is 1.92. The van der Waals surface area contributed by atoms with Gasteiger partial charge in [0.05, 0.1) is 23.1 Å². The highest BCUT2D eigenvalue weighted by Crippen LogP contribution is 2.25. The Kier molecular flexibility index (Phi) is 5.71. The number of rotatable bonds is 5. The third-order valence-electron chi connectivity index (χ3n) is 3.70. The van der Waals surface area contributed by atoms with Crippen LogP contribution in [0.5, 0.6) is 0 Å². The van der Waals surface area contributed by atoms with Crippen LogP contribution in [-0.2, 0) is 6.54 Å². The van der Waals surface area contributed by atoms with E-state index in [1.165, 1.54) is 6.20 Å². The molecule has 0 aliphatic heterocycles. The average molecular weight is 387 g/mol. The first-order chi connectivity index (χ1) is 12.5. The third kappa shape index (κ3) is 4.50. The van der Waals surface area contributed by atoms with Gasteiger partial charge in [-0.25, -0.2) is 9.97 Å². The Labute approximate surface area is 161 Å². The number of carbonyl (C=O) groups is 1. The summed E-state index contributed by atoms with van der Waals surface area (Å²) >= 11 is 12.0. The molecule has 2 aromatic carbocycles. The summed E-state index contributed by atoms with van der Waals surface area (Å²) in [5.74, 6) is 0.269. The SMILES string of the molecule is CN(Cc1ccccc1)c1cnc(C(=O)Nc2cc(Cl)ccc2Cl)cn1. The van der Waals surface area contributed by atoms with Crippen molar-refractivity contribution in [1.82, 2.24) is 9.97 Å². The molecule has 3 rings (SSSR count). The van der Waals surface area contributed by atoms with Crippen LogP contribution >= 0.6 is 23.2 Å². The van der Waals surface area contributed by atoms with E-state index in [9.17, 15) is 4.79 Å². The Hall–Kier alpha value is -2.63. The number of nitrogens with one attached hydrogen (secondary N) is 1. The number of halogens is 2. The molecule has 1 amide bonds. The van der Waals surface area contributed by atoms with Gasteiger partial charge in [-0.1, -0.05) is 53.5 Å². The molecule has 132 valence electrons. The topological polar surface area (TPSA) is 58.1 Å². The molecule has 0 fully saturated rings. The summed E-state index contributed by atoms with van der Waals surface area (Å²) < 4.78 is 0. The first-order valence-corrected chi connectivity index (χ1v) is 8.62. The van der Waals surface area contributed by atoms with E-state index in [0.717, 1.165) is 5.56 Å². The Balaban J connectivity index is 1.68. The Bertz CT molecular complexity index is 901. The van der Waals surface area contributed by atoms with Crippen molar-refractivity contribution in [3.8, 4) is 0 Å². The van der Waals surface area contributed by atoms with E-state index in [4.69, 9.17) is 23.2 Å². The number of hydrogen-bond acceptors (Lipinski definition) is 4. The molecule has 5 nitrogen and oxygen atoms in total. The fourth-order valence-electron chi connectivity index (χ4n) is 2.35.